The zero-order valence-electron chi connectivity index (χ0n) is 10.2. The summed E-state index contributed by atoms with van der Waals surface area (Å²) in [6.07, 6.45) is 6.60. The maximum absolute atomic E-state index is 12.3. The van der Waals surface area contributed by atoms with Crippen LogP contribution < -0.4 is 5.32 Å². The minimum absolute atomic E-state index is 0.122. The van der Waals surface area contributed by atoms with Gasteiger partial charge in [-0.1, -0.05) is 0 Å². The van der Waals surface area contributed by atoms with Crippen LogP contribution in [0.15, 0.2) is 24.5 Å². The highest BCUT2D eigenvalue weighted by molar-refractivity contribution is 5.94. The van der Waals surface area contributed by atoms with Gasteiger partial charge in [0.2, 0.25) is 0 Å². The standard InChI is InChI=1S/C13H19N3O/c1-14-8-6-12-5-3-9-16(12)13(17)11-4-2-7-15-10-11/h2,4,7,10,12,14H,3,5-6,8-9H2,1H3. The Bertz CT molecular complexity index is 366. The molecule has 4 heteroatoms. The lowest BCUT2D eigenvalue weighted by atomic mass is 10.1. The summed E-state index contributed by atoms with van der Waals surface area (Å²) >= 11 is 0. The van der Waals surface area contributed by atoms with E-state index in [9.17, 15) is 4.79 Å². The number of carbonyl (C=O) groups is 1. The molecule has 1 aliphatic rings. The van der Waals surface area contributed by atoms with Gasteiger partial charge in [-0.2, -0.15) is 0 Å². The Morgan fingerprint density at radius 2 is 2.53 bits per heavy atom. The second-order valence-corrected chi connectivity index (χ2v) is 4.43. The summed E-state index contributed by atoms with van der Waals surface area (Å²) in [5, 5.41) is 3.14. The molecule has 2 heterocycles. The first-order chi connectivity index (χ1) is 8.33. The molecule has 2 rings (SSSR count). The number of amides is 1. The monoisotopic (exact) mass is 233 g/mol. The van der Waals surface area contributed by atoms with Crippen LogP contribution in [0, 0.1) is 0 Å². The molecular weight excluding hydrogens is 214 g/mol. The molecule has 1 atom stereocenters. The van der Waals surface area contributed by atoms with Gasteiger partial charge >= 0.3 is 0 Å². The Morgan fingerprint density at radius 1 is 1.65 bits per heavy atom. The van der Waals surface area contributed by atoms with Gasteiger partial charge < -0.3 is 10.2 Å². The number of likely N-dealkylation sites (tertiary alicyclic amines) is 1. The Morgan fingerprint density at radius 3 is 3.24 bits per heavy atom. The fraction of sp³-hybridized carbons (Fsp3) is 0.538. The molecule has 0 bridgehead atoms. The van der Waals surface area contributed by atoms with Crippen molar-refractivity contribution in [2.75, 3.05) is 20.1 Å². The van der Waals surface area contributed by atoms with Crippen molar-refractivity contribution in [1.29, 1.82) is 0 Å². The highest BCUT2D eigenvalue weighted by Gasteiger charge is 2.28. The average molecular weight is 233 g/mol. The molecule has 1 fully saturated rings. The lowest BCUT2D eigenvalue weighted by Crippen LogP contribution is -2.37. The molecule has 0 radical (unpaired) electrons. The van der Waals surface area contributed by atoms with Crippen LogP contribution in [-0.4, -0.2) is 42.0 Å². The number of aromatic nitrogens is 1. The Balaban J connectivity index is 2.03. The molecule has 1 aromatic heterocycles. The summed E-state index contributed by atoms with van der Waals surface area (Å²) in [5.74, 6) is 0.122. The normalized spacial score (nSPS) is 19.6. The molecule has 1 N–H and O–H groups in total. The summed E-state index contributed by atoms with van der Waals surface area (Å²) in [5.41, 5.74) is 0.698. The fourth-order valence-corrected chi connectivity index (χ4v) is 2.37. The molecule has 0 aliphatic carbocycles. The van der Waals surface area contributed by atoms with E-state index in [2.05, 4.69) is 10.3 Å². The van der Waals surface area contributed by atoms with Crippen molar-refractivity contribution < 1.29 is 4.79 Å². The van der Waals surface area contributed by atoms with E-state index in [0.29, 0.717) is 11.6 Å². The first kappa shape index (κ1) is 12.0. The molecule has 1 aliphatic heterocycles. The number of rotatable bonds is 4. The van der Waals surface area contributed by atoms with Gasteiger partial charge in [-0.05, 0) is 45.0 Å². The molecule has 0 spiro atoms. The molecule has 92 valence electrons. The Labute approximate surface area is 102 Å². The minimum atomic E-state index is 0.122. The van der Waals surface area contributed by atoms with Crippen molar-refractivity contribution >= 4 is 5.91 Å². The van der Waals surface area contributed by atoms with Crippen molar-refractivity contribution in [2.24, 2.45) is 0 Å². The van der Waals surface area contributed by atoms with Gasteiger partial charge in [0.1, 0.15) is 0 Å². The molecule has 17 heavy (non-hydrogen) atoms. The zero-order chi connectivity index (χ0) is 12.1. The predicted octanol–water partition coefficient (Wildman–Crippen LogP) is 1.30. The summed E-state index contributed by atoms with van der Waals surface area (Å²) in [6, 6.07) is 4.03. The second kappa shape index (κ2) is 5.77. The Kier molecular flexibility index (Phi) is 4.09. The van der Waals surface area contributed by atoms with Gasteiger partial charge in [0.15, 0.2) is 0 Å². The van der Waals surface area contributed by atoms with Gasteiger partial charge in [-0.15, -0.1) is 0 Å². The van der Waals surface area contributed by atoms with Crippen LogP contribution in [0.1, 0.15) is 29.6 Å². The number of nitrogens with zero attached hydrogens (tertiary/aromatic N) is 2. The lowest BCUT2D eigenvalue weighted by molar-refractivity contribution is 0.0730. The van der Waals surface area contributed by atoms with Gasteiger partial charge in [-0.25, -0.2) is 0 Å². The van der Waals surface area contributed by atoms with E-state index in [1.165, 1.54) is 0 Å². The number of carbonyl (C=O) groups excluding carboxylic acids is 1. The largest absolute Gasteiger partial charge is 0.336 e. The zero-order valence-corrected chi connectivity index (χ0v) is 10.2. The van der Waals surface area contributed by atoms with Crippen molar-refractivity contribution in [2.45, 2.75) is 25.3 Å². The maximum Gasteiger partial charge on any atom is 0.255 e. The smallest absolute Gasteiger partial charge is 0.255 e. The summed E-state index contributed by atoms with van der Waals surface area (Å²) in [6.45, 7) is 1.84. The van der Waals surface area contributed by atoms with Crippen molar-refractivity contribution in [3.8, 4) is 0 Å². The SMILES string of the molecule is CNCCC1CCCN1C(=O)c1cccnc1. The molecule has 4 nitrogen and oxygen atoms in total. The Hall–Kier alpha value is -1.42. The van der Waals surface area contributed by atoms with E-state index in [-0.39, 0.29) is 5.91 Å². The van der Waals surface area contributed by atoms with Gasteiger partial charge in [-0.3, -0.25) is 9.78 Å². The first-order valence-electron chi connectivity index (χ1n) is 6.18. The van der Waals surface area contributed by atoms with Gasteiger partial charge in [0, 0.05) is 25.0 Å². The van der Waals surface area contributed by atoms with Crippen molar-refractivity contribution in [3.63, 3.8) is 0 Å². The van der Waals surface area contributed by atoms with Crippen LogP contribution >= 0.6 is 0 Å². The number of hydrogen-bond acceptors (Lipinski definition) is 3. The number of pyridine rings is 1. The molecule has 0 saturated carbocycles. The lowest BCUT2D eigenvalue weighted by Gasteiger charge is -2.24. The average Bonchev–Trinajstić information content (AvgIpc) is 2.84. The number of nitrogens with one attached hydrogen (secondary N) is 1. The molecule has 1 unspecified atom stereocenters. The van der Waals surface area contributed by atoms with Crippen LogP contribution in [0.3, 0.4) is 0 Å². The van der Waals surface area contributed by atoms with E-state index in [1.807, 2.05) is 24.1 Å². The highest BCUT2D eigenvalue weighted by Crippen LogP contribution is 2.21. The van der Waals surface area contributed by atoms with E-state index < -0.39 is 0 Å². The fourth-order valence-electron chi connectivity index (χ4n) is 2.37. The molecule has 0 aromatic carbocycles. The van der Waals surface area contributed by atoms with Crippen LogP contribution in [0.25, 0.3) is 0 Å². The summed E-state index contributed by atoms with van der Waals surface area (Å²) in [4.78, 5) is 18.3. The third-order valence-electron chi connectivity index (χ3n) is 3.27. The van der Waals surface area contributed by atoms with E-state index >= 15 is 0 Å². The molecule has 1 amide bonds. The topological polar surface area (TPSA) is 45.2 Å². The van der Waals surface area contributed by atoms with Crippen LogP contribution in [-0.2, 0) is 0 Å². The molecule has 1 aromatic rings. The molecule has 1 saturated heterocycles. The predicted molar refractivity (Wildman–Crippen MR) is 66.8 cm³/mol. The summed E-state index contributed by atoms with van der Waals surface area (Å²) in [7, 11) is 1.95. The third-order valence-corrected chi connectivity index (χ3v) is 3.27. The van der Waals surface area contributed by atoms with Crippen LogP contribution in [0.5, 0.6) is 0 Å². The second-order valence-electron chi connectivity index (χ2n) is 4.43. The first-order valence-corrected chi connectivity index (χ1v) is 6.18. The van der Waals surface area contributed by atoms with E-state index in [0.717, 1.165) is 32.4 Å². The molecular formula is C13H19N3O. The van der Waals surface area contributed by atoms with E-state index in [1.54, 1.807) is 12.4 Å². The quantitative estimate of drug-likeness (QED) is 0.852. The maximum atomic E-state index is 12.3. The van der Waals surface area contributed by atoms with Crippen LogP contribution in [0.4, 0.5) is 0 Å². The van der Waals surface area contributed by atoms with Crippen molar-refractivity contribution in [3.05, 3.63) is 30.1 Å². The number of hydrogen-bond donors (Lipinski definition) is 1. The van der Waals surface area contributed by atoms with Gasteiger partial charge in [0.25, 0.3) is 5.91 Å². The van der Waals surface area contributed by atoms with Gasteiger partial charge in [0.05, 0.1) is 5.56 Å². The van der Waals surface area contributed by atoms with E-state index in [4.69, 9.17) is 0 Å². The highest BCUT2D eigenvalue weighted by atomic mass is 16.2. The van der Waals surface area contributed by atoms with Crippen molar-refractivity contribution in [1.82, 2.24) is 15.2 Å². The minimum Gasteiger partial charge on any atom is -0.336 e. The van der Waals surface area contributed by atoms with Crippen LogP contribution in [0.2, 0.25) is 0 Å². The third kappa shape index (κ3) is 2.82. The summed E-state index contributed by atoms with van der Waals surface area (Å²) < 4.78 is 0.